The SMILES string of the molecule is [C]1=C[C@@H]2NCCC2C=C1. The Bertz CT molecular complexity index is 140. The molecule has 0 aromatic carbocycles. The summed E-state index contributed by atoms with van der Waals surface area (Å²) in [5.74, 6) is 0.756. The van der Waals surface area contributed by atoms with Gasteiger partial charge >= 0.3 is 0 Å². The molecule has 0 aromatic rings. The molecule has 1 fully saturated rings. The molecule has 0 bridgehead atoms. The monoisotopic (exact) mass is 120 g/mol. The lowest BCUT2D eigenvalue weighted by atomic mass is 9.97. The van der Waals surface area contributed by atoms with Gasteiger partial charge in [0, 0.05) is 6.04 Å². The van der Waals surface area contributed by atoms with Crippen LogP contribution in [0.15, 0.2) is 18.2 Å². The predicted molar refractivity (Wildman–Crippen MR) is 36.9 cm³/mol. The maximum absolute atomic E-state index is 3.39. The van der Waals surface area contributed by atoms with Crippen LogP contribution in [0.2, 0.25) is 0 Å². The molecule has 2 atom stereocenters. The van der Waals surface area contributed by atoms with Crippen molar-refractivity contribution in [2.45, 2.75) is 12.5 Å². The highest BCUT2D eigenvalue weighted by molar-refractivity contribution is 5.14. The number of allylic oxidation sites excluding steroid dienone is 2. The zero-order valence-corrected chi connectivity index (χ0v) is 5.30. The first kappa shape index (κ1) is 5.24. The van der Waals surface area contributed by atoms with Crippen molar-refractivity contribution in [2.24, 2.45) is 5.92 Å². The van der Waals surface area contributed by atoms with Gasteiger partial charge in [0.2, 0.25) is 0 Å². The normalized spacial score (nSPS) is 39.1. The van der Waals surface area contributed by atoms with Crippen molar-refractivity contribution < 1.29 is 0 Å². The summed E-state index contributed by atoms with van der Waals surface area (Å²) in [5, 5.41) is 3.39. The highest BCUT2D eigenvalue weighted by Gasteiger charge is 2.22. The molecule has 47 valence electrons. The minimum Gasteiger partial charge on any atom is -0.310 e. The van der Waals surface area contributed by atoms with Gasteiger partial charge in [-0.15, -0.1) is 0 Å². The van der Waals surface area contributed by atoms with Crippen LogP contribution in [-0.4, -0.2) is 12.6 Å². The Morgan fingerprint density at radius 2 is 2.56 bits per heavy atom. The van der Waals surface area contributed by atoms with Gasteiger partial charge in [0.25, 0.3) is 0 Å². The topological polar surface area (TPSA) is 12.0 Å². The second-order valence-corrected chi connectivity index (χ2v) is 2.62. The molecular formula is C8H10N. The summed E-state index contributed by atoms with van der Waals surface area (Å²) < 4.78 is 0. The minimum absolute atomic E-state index is 0.593. The number of hydrogen-bond acceptors (Lipinski definition) is 1. The van der Waals surface area contributed by atoms with E-state index in [0.29, 0.717) is 6.04 Å². The van der Waals surface area contributed by atoms with Gasteiger partial charge in [0.05, 0.1) is 0 Å². The van der Waals surface area contributed by atoms with E-state index in [2.05, 4.69) is 23.5 Å². The lowest BCUT2D eigenvalue weighted by Gasteiger charge is -2.13. The van der Waals surface area contributed by atoms with Crippen LogP contribution in [0.1, 0.15) is 6.42 Å². The Hall–Kier alpha value is -0.560. The standard InChI is InChI=1S/C8H10N/c1-2-4-8-7(3-1)5-6-9-8/h1,3-4,7-9H,5-6H2/t7?,8-/m0/s1. The van der Waals surface area contributed by atoms with Crippen LogP contribution in [0.25, 0.3) is 0 Å². The van der Waals surface area contributed by atoms with Gasteiger partial charge in [-0.3, -0.25) is 0 Å². The van der Waals surface area contributed by atoms with Gasteiger partial charge in [0.15, 0.2) is 0 Å². The van der Waals surface area contributed by atoms with E-state index >= 15 is 0 Å². The molecule has 0 amide bonds. The number of rotatable bonds is 0. The van der Waals surface area contributed by atoms with E-state index in [-0.39, 0.29) is 0 Å². The van der Waals surface area contributed by atoms with Crippen molar-refractivity contribution >= 4 is 0 Å². The molecular weight excluding hydrogens is 110 g/mol. The average Bonchev–Trinajstić information content (AvgIpc) is 2.33. The molecule has 0 aromatic heterocycles. The molecule has 0 spiro atoms. The molecule has 2 aliphatic rings. The third kappa shape index (κ3) is 0.815. The van der Waals surface area contributed by atoms with Crippen molar-refractivity contribution in [3.63, 3.8) is 0 Å². The van der Waals surface area contributed by atoms with Gasteiger partial charge in [-0.1, -0.05) is 18.2 Å². The zero-order chi connectivity index (χ0) is 6.10. The molecule has 1 N–H and O–H groups in total. The van der Waals surface area contributed by atoms with Crippen LogP contribution in [-0.2, 0) is 0 Å². The second-order valence-electron chi connectivity index (χ2n) is 2.62. The molecule has 1 radical (unpaired) electrons. The fourth-order valence-electron chi connectivity index (χ4n) is 1.48. The van der Waals surface area contributed by atoms with Crippen molar-refractivity contribution in [3.8, 4) is 0 Å². The van der Waals surface area contributed by atoms with E-state index in [4.69, 9.17) is 0 Å². The van der Waals surface area contributed by atoms with Crippen LogP contribution in [0.3, 0.4) is 0 Å². The predicted octanol–water partition coefficient (Wildman–Crippen LogP) is 0.894. The van der Waals surface area contributed by atoms with Crippen molar-refractivity contribution in [2.75, 3.05) is 6.54 Å². The molecule has 1 unspecified atom stereocenters. The molecule has 1 heterocycles. The molecule has 1 saturated heterocycles. The van der Waals surface area contributed by atoms with Gasteiger partial charge in [0.1, 0.15) is 0 Å². The zero-order valence-electron chi connectivity index (χ0n) is 5.30. The Kier molecular flexibility index (Phi) is 1.16. The number of nitrogens with one attached hydrogen (secondary N) is 1. The van der Waals surface area contributed by atoms with Crippen molar-refractivity contribution in [3.05, 3.63) is 24.3 Å². The maximum Gasteiger partial charge on any atom is 0.0322 e. The smallest absolute Gasteiger partial charge is 0.0322 e. The first-order valence-electron chi connectivity index (χ1n) is 3.46. The minimum atomic E-state index is 0.593. The van der Waals surface area contributed by atoms with Crippen LogP contribution in [0, 0.1) is 12.0 Å². The average molecular weight is 120 g/mol. The number of hydrogen-bond donors (Lipinski definition) is 1. The molecule has 2 rings (SSSR count). The Morgan fingerprint density at radius 3 is 3.44 bits per heavy atom. The lowest BCUT2D eigenvalue weighted by molar-refractivity contribution is 0.611. The third-order valence-corrected chi connectivity index (χ3v) is 2.03. The fourth-order valence-corrected chi connectivity index (χ4v) is 1.48. The van der Waals surface area contributed by atoms with Crippen LogP contribution >= 0.6 is 0 Å². The summed E-state index contributed by atoms with van der Waals surface area (Å²) in [5.41, 5.74) is 0. The maximum atomic E-state index is 3.39. The van der Waals surface area contributed by atoms with E-state index in [9.17, 15) is 0 Å². The molecule has 9 heavy (non-hydrogen) atoms. The molecule has 0 saturated carbocycles. The fraction of sp³-hybridized carbons (Fsp3) is 0.500. The molecule has 1 heteroatoms. The van der Waals surface area contributed by atoms with E-state index in [0.717, 1.165) is 12.5 Å². The van der Waals surface area contributed by atoms with Crippen LogP contribution < -0.4 is 5.32 Å². The summed E-state index contributed by atoms with van der Waals surface area (Å²) in [7, 11) is 0. The Balaban J connectivity index is 2.18. The molecule has 1 nitrogen and oxygen atoms in total. The van der Waals surface area contributed by atoms with Gasteiger partial charge < -0.3 is 5.32 Å². The summed E-state index contributed by atoms with van der Waals surface area (Å²) in [6.07, 6.45) is 10.8. The number of fused-ring (bicyclic) bond motifs is 1. The van der Waals surface area contributed by atoms with E-state index in [1.165, 1.54) is 6.42 Å². The van der Waals surface area contributed by atoms with Gasteiger partial charge in [-0.05, 0) is 25.0 Å². The highest BCUT2D eigenvalue weighted by atomic mass is 14.9. The quantitative estimate of drug-likeness (QED) is 0.500. The largest absolute Gasteiger partial charge is 0.310 e. The van der Waals surface area contributed by atoms with E-state index in [1.807, 2.05) is 6.08 Å². The Morgan fingerprint density at radius 1 is 1.56 bits per heavy atom. The van der Waals surface area contributed by atoms with Crippen LogP contribution in [0.4, 0.5) is 0 Å². The van der Waals surface area contributed by atoms with Crippen LogP contribution in [0.5, 0.6) is 0 Å². The molecule has 1 aliphatic carbocycles. The van der Waals surface area contributed by atoms with Gasteiger partial charge in [-0.2, -0.15) is 0 Å². The van der Waals surface area contributed by atoms with E-state index in [1.54, 1.807) is 0 Å². The summed E-state index contributed by atoms with van der Waals surface area (Å²) in [4.78, 5) is 0. The van der Waals surface area contributed by atoms with E-state index < -0.39 is 0 Å². The summed E-state index contributed by atoms with van der Waals surface area (Å²) in [6, 6.07) is 0.593. The lowest BCUT2D eigenvalue weighted by Crippen LogP contribution is -2.24. The van der Waals surface area contributed by atoms with Crippen molar-refractivity contribution in [1.29, 1.82) is 0 Å². The first-order chi connectivity index (χ1) is 4.47. The summed E-state index contributed by atoms with van der Waals surface area (Å²) >= 11 is 0. The summed E-state index contributed by atoms with van der Waals surface area (Å²) in [6.45, 7) is 1.16. The van der Waals surface area contributed by atoms with Gasteiger partial charge in [-0.25, -0.2) is 0 Å². The van der Waals surface area contributed by atoms with Crippen molar-refractivity contribution in [1.82, 2.24) is 5.32 Å². The first-order valence-corrected chi connectivity index (χ1v) is 3.46. The molecule has 1 aliphatic heterocycles. The third-order valence-electron chi connectivity index (χ3n) is 2.03. The Labute approximate surface area is 55.5 Å². The second kappa shape index (κ2) is 1.99. The highest BCUT2D eigenvalue weighted by Crippen LogP contribution is 2.20.